The van der Waals surface area contributed by atoms with E-state index >= 15 is 0 Å². The molecule has 3 N–H and O–H groups in total. The van der Waals surface area contributed by atoms with E-state index in [1.54, 1.807) is 0 Å². The van der Waals surface area contributed by atoms with Crippen LogP contribution < -0.4 is 5.73 Å². The van der Waals surface area contributed by atoms with Crippen LogP contribution in [0.3, 0.4) is 0 Å². The van der Waals surface area contributed by atoms with Gasteiger partial charge in [0, 0.05) is 38.5 Å². The first-order valence-electron chi connectivity index (χ1n) is 4.24. The van der Waals surface area contributed by atoms with Crippen LogP contribution in [0.5, 0.6) is 0 Å². The van der Waals surface area contributed by atoms with E-state index in [9.17, 15) is 0 Å². The highest BCUT2D eigenvalue weighted by Crippen LogP contribution is 2.05. The van der Waals surface area contributed by atoms with Crippen LogP contribution in [0.4, 0.5) is 0 Å². The molecule has 0 aromatic heterocycles. The predicted octanol–water partition coefficient (Wildman–Crippen LogP) is -0.974. The van der Waals surface area contributed by atoms with Crippen molar-refractivity contribution in [1.29, 1.82) is 0 Å². The van der Waals surface area contributed by atoms with Crippen LogP contribution in [0.15, 0.2) is 12.3 Å². The first-order valence-corrected chi connectivity index (χ1v) is 4.24. The number of nitrogens with zero attached hydrogens (tertiary/aromatic N) is 2. The van der Waals surface area contributed by atoms with Gasteiger partial charge in [-0.15, -0.1) is 0 Å². The molecular weight excluding hydrogens is 154 g/mol. The fourth-order valence-corrected chi connectivity index (χ4v) is 1.35. The second-order valence-corrected chi connectivity index (χ2v) is 3.01. The van der Waals surface area contributed by atoms with E-state index in [1.165, 1.54) is 0 Å². The van der Waals surface area contributed by atoms with Crippen molar-refractivity contribution in [1.82, 2.24) is 9.80 Å². The molecule has 70 valence electrons. The van der Waals surface area contributed by atoms with E-state index in [2.05, 4.69) is 16.4 Å². The monoisotopic (exact) mass is 171 g/mol. The average Bonchev–Trinajstić information content (AvgIpc) is 2.17. The second kappa shape index (κ2) is 4.45. The zero-order valence-corrected chi connectivity index (χ0v) is 7.37. The molecule has 4 heteroatoms. The molecule has 1 aliphatic heterocycles. The van der Waals surface area contributed by atoms with Gasteiger partial charge in [0.2, 0.25) is 0 Å². The Bertz CT molecular complexity index is 152. The molecule has 0 radical (unpaired) electrons. The summed E-state index contributed by atoms with van der Waals surface area (Å²) in [5.74, 6) is 0. The third kappa shape index (κ3) is 2.20. The molecule has 0 aromatic carbocycles. The maximum Gasteiger partial charge on any atom is 0.0823 e. The number of hydrogen-bond donors (Lipinski definition) is 2. The zero-order chi connectivity index (χ0) is 8.97. The first-order chi connectivity index (χ1) is 5.77. The molecule has 0 saturated carbocycles. The summed E-state index contributed by atoms with van der Waals surface area (Å²) in [5, 5.41) is 8.83. The number of aliphatic hydroxyl groups excluding tert-OH is 1. The Balaban J connectivity index is 2.30. The van der Waals surface area contributed by atoms with Crippen LogP contribution in [-0.2, 0) is 0 Å². The fraction of sp³-hybridized carbons (Fsp3) is 0.750. The Morgan fingerprint density at radius 1 is 1.33 bits per heavy atom. The minimum Gasteiger partial charge on any atom is -0.390 e. The lowest BCUT2D eigenvalue weighted by Gasteiger charge is -2.35. The van der Waals surface area contributed by atoms with Gasteiger partial charge in [0.15, 0.2) is 0 Å². The van der Waals surface area contributed by atoms with Crippen LogP contribution >= 0.6 is 0 Å². The standard InChI is InChI=1S/C8H17N3O/c1-8(6-12)11-4-2-10(7-9)3-5-11/h12H,1-7,9H2. The normalized spacial score (nSPS) is 19.7. The number of piperazine rings is 1. The summed E-state index contributed by atoms with van der Waals surface area (Å²) in [6.45, 7) is 8.25. The minimum absolute atomic E-state index is 0.0582. The Morgan fingerprint density at radius 2 is 1.92 bits per heavy atom. The summed E-state index contributed by atoms with van der Waals surface area (Å²) in [6, 6.07) is 0. The molecule has 4 nitrogen and oxygen atoms in total. The van der Waals surface area contributed by atoms with Crippen LogP contribution in [0, 0.1) is 0 Å². The molecule has 0 aliphatic carbocycles. The SMILES string of the molecule is C=C(CO)N1CCN(CN)CC1. The minimum atomic E-state index is 0.0582. The van der Waals surface area contributed by atoms with Crippen molar-refractivity contribution in [3.8, 4) is 0 Å². The summed E-state index contributed by atoms with van der Waals surface area (Å²) >= 11 is 0. The third-order valence-corrected chi connectivity index (χ3v) is 2.26. The number of aliphatic hydroxyl groups is 1. The molecule has 0 bridgehead atoms. The van der Waals surface area contributed by atoms with E-state index in [0.717, 1.165) is 31.9 Å². The van der Waals surface area contributed by atoms with Crippen molar-refractivity contribution in [2.45, 2.75) is 0 Å². The van der Waals surface area contributed by atoms with Gasteiger partial charge in [-0.25, -0.2) is 0 Å². The van der Waals surface area contributed by atoms with E-state index in [1.807, 2.05) is 0 Å². The number of rotatable bonds is 3. The number of nitrogens with two attached hydrogens (primary N) is 1. The van der Waals surface area contributed by atoms with Gasteiger partial charge in [0.05, 0.1) is 6.61 Å². The molecule has 0 aromatic rings. The molecule has 0 amide bonds. The quantitative estimate of drug-likeness (QED) is 0.573. The van der Waals surface area contributed by atoms with Gasteiger partial charge in [-0.1, -0.05) is 6.58 Å². The topological polar surface area (TPSA) is 52.7 Å². The molecule has 1 aliphatic rings. The lowest BCUT2D eigenvalue weighted by molar-refractivity contribution is 0.147. The lowest BCUT2D eigenvalue weighted by atomic mass is 10.3. The Labute approximate surface area is 73.3 Å². The average molecular weight is 171 g/mol. The summed E-state index contributed by atoms with van der Waals surface area (Å²) in [5.41, 5.74) is 6.30. The predicted molar refractivity (Wildman–Crippen MR) is 48.4 cm³/mol. The maximum absolute atomic E-state index is 8.83. The first kappa shape index (κ1) is 9.51. The van der Waals surface area contributed by atoms with E-state index in [4.69, 9.17) is 10.8 Å². The van der Waals surface area contributed by atoms with Crippen molar-refractivity contribution in [3.05, 3.63) is 12.3 Å². The third-order valence-electron chi connectivity index (χ3n) is 2.26. The van der Waals surface area contributed by atoms with Gasteiger partial charge in [0.1, 0.15) is 0 Å². The van der Waals surface area contributed by atoms with Crippen molar-refractivity contribution in [3.63, 3.8) is 0 Å². The highest BCUT2D eigenvalue weighted by molar-refractivity contribution is 4.95. The molecule has 1 saturated heterocycles. The van der Waals surface area contributed by atoms with Crippen LogP contribution in [0.1, 0.15) is 0 Å². The number of hydrogen-bond acceptors (Lipinski definition) is 4. The van der Waals surface area contributed by atoms with Crippen LogP contribution in [0.2, 0.25) is 0 Å². The molecular formula is C8H17N3O. The highest BCUT2D eigenvalue weighted by Gasteiger charge is 2.15. The van der Waals surface area contributed by atoms with Gasteiger partial charge < -0.3 is 15.7 Å². The summed E-state index contributed by atoms with van der Waals surface area (Å²) in [4.78, 5) is 4.29. The molecule has 1 fully saturated rings. The van der Waals surface area contributed by atoms with E-state index in [0.29, 0.717) is 6.67 Å². The fourth-order valence-electron chi connectivity index (χ4n) is 1.35. The van der Waals surface area contributed by atoms with E-state index < -0.39 is 0 Å². The smallest absolute Gasteiger partial charge is 0.0823 e. The molecule has 1 heterocycles. The van der Waals surface area contributed by atoms with E-state index in [-0.39, 0.29) is 6.61 Å². The van der Waals surface area contributed by atoms with Crippen molar-refractivity contribution < 1.29 is 5.11 Å². The van der Waals surface area contributed by atoms with Gasteiger partial charge in [-0.2, -0.15) is 0 Å². The largest absolute Gasteiger partial charge is 0.390 e. The van der Waals surface area contributed by atoms with Crippen molar-refractivity contribution >= 4 is 0 Å². The Hall–Kier alpha value is -0.580. The lowest BCUT2D eigenvalue weighted by Crippen LogP contribution is -2.47. The molecule has 0 spiro atoms. The summed E-state index contributed by atoms with van der Waals surface area (Å²) < 4.78 is 0. The zero-order valence-electron chi connectivity index (χ0n) is 7.37. The van der Waals surface area contributed by atoms with Gasteiger partial charge in [-0.05, 0) is 0 Å². The van der Waals surface area contributed by atoms with Gasteiger partial charge in [-0.3, -0.25) is 4.90 Å². The van der Waals surface area contributed by atoms with Crippen LogP contribution in [0.25, 0.3) is 0 Å². The maximum atomic E-state index is 8.83. The molecule has 12 heavy (non-hydrogen) atoms. The van der Waals surface area contributed by atoms with Crippen molar-refractivity contribution in [2.24, 2.45) is 5.73 Å². The van der Waals surface area contributed by atoms with Gasteiger partial charge >= 0.3 is 0 Å². The molecule has 0 unspecified atom stereocenters. The summed E-state index contributed by atoms with van der Waals surface area (Å²) in [7, 11) is 0. The Kier molecular flexibility index (Phi) is 3.52. The molecule has 1 rings (SSSR count). The van der Waals surface area contributed by atoms with Crippen molar-refractivity contribution in [2.75, 3.05) is 39.5 Å². The van der Waals surface area contributed by atoms with Gasteiger partial charge in [0.25, 0.3) is 0 Å². The second-order valence-electron chi connectivity index (χ2n) is 3.01. The molecule has 0 atom stereocenters. The highest BCUT2D eigenvalue weighted by atomic mass is 16.3. The summed E-state index contributed by atoms with van der Waals surface area (Å²) in [6.07, 6.45) is 0. The van der Waals surface area contributed by atoms with Crippen LogP contribution in [-0.4, -0.2) is 54.4 Å². The Morgan fingerprint density at radius 3 is 2.33 bits per heavy atom.